The molecule has 1 aromatic heterocycles. The lowest BCUT2D eigenvalue weighted by molar-refractivity contribution is 0.1000. The first-order valence-electron chi connectivity index (χ1n) is 8.51. The van der Waals surface area contributed by atoms with Crippen LogP contribution in [0.15, 0.2) is 12.4 Å². The van der Waals surface area contributed by atoms with E-state index in [-0.39, 0.29) is 0 Å². The first kappa shape index (κ1) is 15.5. The highest BCUT2D eigenvalue weighted by Crippen LogP contribution is 2.21. The van der Waals surface area contributed by atoms with E-state index in [2.05, 4.69) is 14.9 Å². The lowest BCUT2D eigenvalue weighted by atomic mass is 10.2. The highest BCUT2D eigenvalue weighted by atomic mass is 16.1. The first-order chi connectivity index (χ1) is 10.7. The molecule has 122 valence electrons. The number of hydrogen-bond acceptors (Lipinski definition) is 4. The molecule has 2 fully saturated rings. The Morgan fingerprint density at radius 1 is 1.14 bits per heavy atom. The van der Waals surface area contributed by atoms with E-state index in [1.165, 1.54) is 45.3 Å². The summed E-state index contributed by atoms with van der Waals surface area (Å²) in [6, 6.07) is 0.372. The standard InChI is InChI=1S/C16H27N5O/c17-16(22)14-11-18-21(12-14)15-5-8-20(13-15)10-9-19-6-3-1-2-4-7-19/h11-12,15H,1-10,13H2,(H2,17,22). The minimum absolute atomic E-state index is 0.372. The normalized spacial score (nSPS) is 24.5. The molecule has 0 saturated carbocycles. The van der Waals surface area contributed by atoms with Gasteiger partial charge in [0.15, 0.2) is 0 Å². The number of nitrogens with zero attached hydrogens (tertiary/aromatic N) is 4. The van der Waals surface area contributed by atoms with E-state index in [4.69, 9.17) is 5.73 Å². The van der Waals surface area contributed by atoms with E-state index in [1.807, 2.05) is 4.68 Å². The number of likely N-dealkylation sites (tertiary alicyclic amines) is 2. The molecule has 0 spiro atoms. The van der Waals surface area contributed by atoms with E-state index in [0.29, 0.717) is 11.6 Å². The molecule has 0 bridgehead atoms. The van der Waals surface area contributed by atoms with Gasteiger partial charge in [0.05, 0.1) is 17.8 Å². The van der Waals surface area contributed by atoms with E-state index in [9.17, 15) is 4.79 Å². The summed E-state index contributed by atoms with van der Waals surface area (Å²) < 4.78 is 1.91. The van der Waals surface area contributed by atoms with Crippen LogP contribution in [0.5, 0.6) is 0 Å². The van der Waals surface area contributed by atoms with Crippen LogP contribution in [0.25, 0.3) is 0 Å². The van der Waals surface area contributed by atoms with Crippen molar-refractivity contribution in [3.63, 3.8) is 0 Å². The monoisotopic (exact) mass is 305 g/mol. The summed E-state index contributed by atoms with van der Waals surface area (Å²) in [6.45, 7) is 6.98. The lowest BCUT2D eigenvalue weighted by Crippen LogP contribution is -2.34. The Bertz CT molecular complexity index is 492. The van der Waals surface area contributed by atoms with Crippen molar-refractivity contribution in [2.45, 2.75) is 38.1 Å². The summed E-state index contributed by atoms with van der Waals surface area (Å²) in [5.41, 5.74) is 5.79. The number of primary amides is 1. The molecule has 1 aromatic rings. The number of amides is 1. The van der Waals surface area contributed by atoms with Gasteiger partial charge in [0, 0.05) is 32.4 Å². The Morgan fingerprint density at radius 3 is 2.55 bits per heavy atom. The molecule has 3 heterocycles. The Balaban J connectivity index is 1.46. The minimum atomic E-state index is -0.401. The van der Waals surface area contributed by atoms with Gasteiger partial charge in [0.2, 0.25) is 0 Å². The van der Waals surface area contributed by atoms with Gasteiger partial charge >= 0.3 is 0 Å². The third kappa shape index (κ3) is 3.87. The molecule has 1 amide bonds. The van der Waals surface area contributed by atoms with Crippen molar-refractivity contribution >= 4 is 5.91 Å². The number of rotatable bonds is 5. The second kappa shape index (κ2) is 7.24. The molecule has 22 heavy (non-hydrogen) atoms. The topological polar surface area (TPSA) is 67.4 Å². The summed E-state index contributed by atoms with van der Waals surface area (Å²) in [6.07, 6.45) is 9.94. The molecule has 6 heteroatoms. The molecule has 1 atom stereocenters. The van der Waals surface area contributed by atoms with Crippen LogP contribution in [0.2, 0.25) is 0 Å². The fourth-order valence-electron chi connectivity index (χ4n) is 3.54. The summed E-state index contributed by atoms with van der Waals surface area (Å²) in [7, 11) is 0. The minimum Gasteiger partial charge on any atom is -0.366 e. The van der Waals surface area contributed by atoms with Crippen LogP contribution in [-0.2, 0) is 0 Å². The Labute approximate surface area is 132 Å². The van der Waals surface area contributed by atoms with Gasteiger partial charge in [-0.15, -0.1) is 0 Å². The fourth-order valence-corrected chi connectivity index (χ4v) is 3.54. The Kier molecular flexibility index (Phi) is 5.10. The van der Waals surface area contributed by atoms with Crippen molar-refractivity contribution < 1.29 is 4.79 Å². The molecule has 0 radical (unpaired) electrons. The molecule has 3 rings (SSSR count). The van der Waals surface area contributed by atoms with Gasteiger partial charge in [-0.2, -0.15) is 5.10 Å². The second-order valence-electron chi connectivity index (χ2n) is 6.57. The fraction of sp³-hybridized carbons (Fsp3) is 0.750. The maximum atomic E-state index is 11.2. The number of carbonyl (C=O) groups excluding carboxylic acids is 1. The van der Waals surface area contributed by atoms with Crippen molar-refractivity contribution in [3.8, 4) is 0 Å². The maximum Gasteiger partial charge on any atom is 0.251 e. The number of hydrogen-bond donors (Lipinski definition) is 1. The Morgan fingerprint density at radius 2 is 1.86 bits per heavy atom. The summed E-state index contributed by atoms with van der Waals surface area (Å²) in [5, 5.41) is 4.30. The zero-order valence-corrected chi connectivity index (χ0v) is 13.3. The SMILES string of the molecule is NC(=O)c1cnn(C2CCN(CCN3CCCCCC3)C2)c1. The van der Waals surface area contributed by atoms with Crippen molar-refractivity contribution in [1.29, 1.82) is 0 Å². The zero-order valence-electron chi connectivity index (χ0n) is 13.3. The second-order valence-corrected chi connectivity index (χ2v) is 6.57. The van der Waals surface area contributed by atoms with Gasteiger partial charge < -0.3 is 10.6 Å². The van der Waals surface area contributed by atoms with Crippen molar-refractivity contribution in [1.82, 2.24) is 19.6 Å². The molecule has 2 N–H and O–H groups in total. The molecule has 1 unspecified atom stereocenters. The van der Waals surface area contributed by atoms with Gasteiger partial charge in [-0.05, 0) is 32.4 Å². The van der Waals surface area contributed by atoms with Crippen molar-refractivity contribution in [2.75, 3.05) is 39.3 Å². The van der Waals surface area contributed by atoms with Crippen molar-refractivity contribution in [3.05, 3.63) is 18.0 Å². The van der Waals surface area contributed by atoms with E-state index in [1.54, 1.807) is 12.4 Å². The highest BCUT2D eigenvalue weighted by molar-refractivity contribution is 5.92. The number of carbonyl (C=O) groups is 1. The average molecular weight is 305 g/mol. The molecule has 0 aromatic carbocycles. The molecular weight excluding hydrogens is 278 g/mol. The zero-order chi connectivity index (χ0) is 15.4. The van der Waals surface area contributed by atoms with Gasteiger partial charge in [0.1, 0.15) is 0 Å². The number of nitrogens with two attached hydrogens (primary N) is 1. The molecule has 2 saturated heterocycles. The average Bonchev–Trinajstić information content (AvgIpc) is 3.09. The maximum absolute atomic E-state index is 11.2. The van der Waals surface area contributed by atoms with Crippen LogP contribution in [0.3, 0.4) is 0 Å². The highest BCUT2D eigenvalue weighted by Gasteiger charge is 2.25. The molecule has 2 aliphatic heterocycles. The van der Waals surface area contributed by atoms with Crippen LogP contribution < -0.4 is 5.73 Å². The van der Waals surface area contributed by atoms with Crippen LogP contribution in [0, 0.1) is 0 Å². The van der Waals surface area contributed by atoms with E-state index in [0.717, 1.165) is 26.1 Å². The lowest BCUT2D eigenvalue weighted by Gasteiger charge is -2.23. The molecule has 6 nitrogen and oxygen atoms in total. The van der Waals surface area contributed by atoms with Gasteiger partial charge in [-0.25, -0.2) is 0 Å². The van der Waals surface area contributed by atoms with E-state index < -0.39 is 5.91 Å². The third-order valence-corrected chi connectivity index (χ3v) is 4.94. The van der Waals surface area contributed by atoms with Gasteiger partial charge in [-0.3, -0.25) is 14.4 Å². The summed E-state index contributed by atoms with van der Waals surface area (Å²) >= 11 is 0. The van der Waals surface area contributed by atoms with Gasteiger partial charge in [0.25, 0.3) is 5.91 Å². The molecule has 0 aliphatic carbocycles. The van der Waals surface area contributed by atoms with Crippen LogP contribution in [0.4, 0.5) is 0 Å². The van der Waals surface area contributed by atoms with Crippen LogP contribution in [-0.4, -0.2) is 64.8 Å². The van der Waals surface area contributed by atoms with E-state index >= 15 is 0 Å². The smallest absolute Gasteiger partial charge is 0.251 e. The molecular formula is C16H27N5O. The Hall–Kier alpha value is -1.40. The largest absolute Gasteiger partial charge is 0.366 e. The third-order valence-electron chi connectivity index (χ3n) is 4.94. The van der Waals surface area contributed by atoms with Crippen LogP contribution in [0.1, 0.15) is 48.5 Å². The number of aromatic nitrogens is 2. The molecule has 2 aliphatic rings. The summed E-state index contributed by atoms with van der Waals surface area (Å²) in [5.74, 6) is -0.401. The summed E-state index contributed by atoms with van der Waals surface area (Å²) in [4.78, 5) is 16.3. The quantitative estimate of drug-likeness (QED) is 0.885. The van der Waals surface area contributed by atoms with Crippen LogP contribution >= 0.6 is 0 Å². The van der Waals surface area contributed by atoms with Gasteiger partial charge in [-0.1, -0.05) is 12.8 Å². The predicted molar refractivity (Wildman–Crippen MR) is 85.7 cm³/mol. The van der Waals surface area contributed by atoms with Crippen molar-refractivity contribution in [2.24, 2.45) is 5.73 Å². The predicted octanol–water partition coefficient (Wildman–Crippen LogP) is 1.10. The first-order valence-corrected chi connectivity index (χ1v) is 8.51.